The van der Waals surface area contributed by atoms with Crippen LogP contribution in [0.2, 0.25) is 0 Å². The van der Waals surface area contributed by atoms with E-state index >= 15 is 0 Å². The predicted octanol–water partition coefficient (Wildman–Crippen LogP) is 0.117. The average Bonchev–Trinajstić information content (AvgIpc) is 1.89. The zero-order valence-corrected chi connectivity index (χ0v) is 5.86. The molecule has 2 N–H and O–H groups in total. The SMILES string of the molecule is NCCCOC(=O)CCl. The van der Waals surface area contributed by atoms with Gasteiger partial charge >= 0.3 is 5.97 Å². The van der Waals surface area contributed by atoms with Crippen molar-refractivity contribution in [3.63, 3.8) is 0 Å². The van der Waals surface area contributed by atoms with E-state index in [4.69, 9.17) is 17.3 Å². The molecule has 0 aliphatic heterocycles. The van der Waals surface area contributed by atoms with Crippen molar-refractivity contribution >= 4 is 17.6 Å². The highest BCUT2D eigenvalue weighted by atomic mass is 35.5. The van der Waals surface area contributed by atoms with Crippen molar-refractivity contribution in [1.82, 2.24) is 0 Å². The molecule has 0 bridgehead atoms. The van der Waals surface area contributed by atoms with Gasteiger partial charge in [0.05, 0.1) is 6.61 Å². The molecular weight excluding hydrogens is 142 g/mol. The summed E-state index contributed by atoms with van der Waals surface area (Å²) in [6.45, 7) is 0.914. The summed E-state index contributed by atoms with van der Waals surface area (Å²) in [7, 11) is 0. The summed E-state index contributed by atoms with van der Waals surface area (Å²) < 4.78 is 4.58. The van der Waals surface area contributed by atoms with Crippen molar-refractivity contribution < 1.29 is 9.53 Å². The van der Waals surface area contributed by atoms with Crippen molar-refractivity contribution in [3.05, 3.63) is 0 Å². The molecule has 4 heteroatoms. The zero-order valence-electron chi connectivity index (χ0n) is 5.10. The van der Waals surface area contributed by atoms with Gasteiger partial charge in [0.15, 0.2) is 0 Å². The highest BCUT2D eigenvalue weighted by Crippen LogP contribution is 1.84. The van der Waals surface area contributed by atoms with Crippen LogP contribution in [0.4, 0.5) is 0 Å². The van der Waals surface area contributed by atoms with Gasteiger partial charge in [-0.2, -0.15) is 0 Å². The summed E-state index contributed by atoms with van der Waals surface area (Å²) in [4.78, 5) is 10.3. The summed E-state index contributed by atoms with van der Waals surface area (Å²) >= 11 is 5.13. The quantitative estimate of drug-likeness (QED) is 0.353. The monoisotopic (exact) mass is 151 g/mol. The number of carbonyl (C=O) groups is 1. The van der Waals surface area contributed by atoms with E-state index in [0.29, 0.717) is 19.6 Å². The van der Waals surface area contributed by atoms with E-state index in [-0.39, 0.29) is 11.8 Å². The lowest BCUT2D eigenvalue weighted by Crippen LogP contribution is -2.10. The summed E-state index contributed by atoms with van der Waals surface area (Å²) in [6.07, 6.45) is 0.697. The molecule has 0 aromatic rings. The van der Waals surface area contributed by atoms with E-state index < -0.39 is 0 Å². The molecule has 0 heterocycles. The van der Waals surface area contributed by atoms with Gasteiger partial charge in [0.1, 0.15) is 5.88 Å². The van der Waals surface area contributed by atoms with Gasteiger partial charge in [-0.3, -0.25) is 4.79 Å². The molecule has 0 amide bonds. The molecule has 0 unspecified atom stereocenters. The van der Waals surface area contributed by atoms with Crippen LogP contribution in [0.15, 0.2) is 0 Å². The van der Waals surface area contributed by atoms with Crippen LogP contribution in [0, 0.1) is 0 Å². The van der Waals surface area contributed by atoms with Gasteiger partial charge in [-0.1, -0.05) is 0 Å². The number of ether oxygens (including phenoxy) is 1. The maximum absolute atomic E-state index is 10.3. The lowest BCUT2D eigenvalue weighted by molar-refractivity contribution is -0.140. The van der Waals surface area contributed by atoms with Gasteiger partial charge < -0.3 is 10.5 Å². The van der Waals surface area contributed by atoms with Crippen LogP contribution in [-0.2, 0) is 9.53 Å². The minimum absolute atomic E-state index is 0.0788. The predicted molar refractivity (Wildman–Crippen MR) is 35.4 cm³/mol. The molecule has 0 fully saturated rings. The number of hydrogen-bond acceptors (Lipinski definition) is 3. The van der Waals surface area contributed by atoms with Crippen LogP contribution in [0.25, 0.3) is 0 Å². The second-order valence-corrected chi connectivity index (χ2v) is 1.76. The third-order valence-electron chi connectivity index (χ3n) is 0.721. The number of alkyl halides is 1. The van der Waals surface area contributed by atoms with Crippen LogP contribution >= 0.6 is 11.6 Å². The van der Waals surface area contributed by atoms with Crippen LogP contribution < -0.4 is 5.73 Å². The molecule has 0 atom stereocenters. The second-order valence-electron chi connectivity index (χ2n) is 1.50. The Balaban J connectivity index is 2.97. The van der Waals surface area contributed by atoms with Crippen molar-refractivity contribution in [1.29, 1.82) is 0 Å². The molecule has 0 rings (SSSR count). The molecule has 0 aromatic carbocycles. The first-order valence-corrected chi connectivity index (χ1v) is 3.26. The number of halogens is 1. The topological polar surface area (TPSA) is 52.3 Å². The van der Waals surface area contributed by atoms with Gasteiger partial charge in [0, 0.05) is 0 Å². The first-order chi connectivity index (χ1) is 4.31. The van der Waals surface area contributed by atoms with Gasteiger partial charge in [-0.25, -0.2) is 0 Å². The standard InChI is InChI=1S/C5H10ClNO2/c6-4-5(8)9-3-1-2-7/h1-4,7H2. The highest BCUT2D eigenvalue weighted by Gasteiger charge is 1.96. The number of hydrogen-bond donors (Lipinski definition) is 1. The molecule has 0 aromatic heterocycles. The first-order valence-electron chi connectivity index (χ1n) is 2.73. The molecule has 0 saturated heterocycles. The molecule has 0 saturated carbocycles. The highest BCUT2D eigenvalue weighted by molar-refractivity contribution is 6.26. The molecule has 0 aliphatic rings. The van der Waals surface area contributed by atoms with Crippen molar-refractivity contribution in [3.8, 4) is 0 Å². The Labute approximate surface area is 59.1 Å². The second kappa shape index (κ2) is 5.85. The lowest BCUT2D eigenvalue weighted by Gasteiger charge is -1.98. The van der Waals surface area contributed by atoms with E-state index in [1.165, 1.54) is 0 Å². The van der Waals surface area contributed by atoms with Crippen molar-refractivity contribution in [2.75, 3.05) is 19.0 Å². The van der Waals surface area contributed by atoms with E-state index in [1.807, 2.05) is 0 Å². The van der Waals surface area contributed by atoms with E-state index in [9.17, 15) is 4.79 Å². The van der Waals surface area contributed by atoms with Crippen LogP contribution in [0.1, 0.15) is 6.42 Å². The lowest BCUT2D eigenvalue weighted by atomic mass is 10.5. The molecule has 54 valence electrons. The van der Waals surface area contributed by atoms with Crippen molar-refractivity contribution in [2.45, 2.75) is 6.42 Å². The van der Waals surface area contributed by atoms with Gasteiger partial charge in [0.25, 0.3) is 0 Å². The Kier molecular flexibility index (Phi) is 5.67. The van der Waals surface area contributed by atoms with Crippen LogP contribution in [0.5, 0.6) is 0 Å². The fourth-order valence-electron chi connectivity index (χ4n) is 0.308. The Bertz CT molecular complexity index is 87.0. The number of rotatable bonds is 4. The van der Waals surface area contributed by atoms with Gasteiger partial charge in [-0.05, 0) is 13.0 Å². The third kappa shape index (κ3) is 5.59. The Morgan fingerprint density at radius 3 is 2.78 bits per heavy atom. The Hall–Kier alpha value is -0.280. The summed E-state index contributed by atoms with van der Waals surface area (Å²) in [5.74, 6) is -0.463. The smallest absolute Gasteiger partial charge is 0.320 e. The molecule has 0 radical (unpaired) electrons. The minimum Gasteiger partial charge on any atom is -0.465 e. The largest absolute Gasteiger partial charge is 0.465 e. The molecule has 0 aliphatic carbocycles. The molecular formula is C5H10ClNO2. The summed E-state index contributed by atoms with van der Waals surface area (Å²) in [6, 6.07) is 0. The van der Waals surface area contributed by atoms with Gasteiger partial charge in [0.2, 0.25) is 0 Å². The fourth-order valence-corrected chi connectivity index (χ4v) is 0.385. The first kappa shape index (κ1) is 8.72. The minimum atomic E-state index is -0.384. The molecule has 9 heavy (non-hydrogen) atoms. The Morgan fingerprint density at radius 1 is 1.67 bits per heavy atom. The number of carbonyl (C=O) groups excluding carboxylic acids is 1. The summed E-state index contributed by atoms with van der Waals surface area (Å²) in [5, 5.41) is 0. The average molecular weight is 152 g/mol. The van der Waals surface area contributed by atoms with E-state index in [1.54, 1.807) is 0 Å². The van der Waals surface area contributed by atoms with Crippen molar-refractivity contribution in [2.24, 2.45) is 5.73 Å². The van der Waals surface area contributed by atoms with Crippen LogP contribution in [-0.4, -0.2) is 25.0 Å². The number of nitrogens with two attached hydrogens (primary N) is 1. The zero-order chi connectivity index (χ0) is 7.11. The normalized spacial score (nSPS) is 9.11. The van der Waals surface area contributed by atoms with Gasteiger partial charge in [-0.15, -0.1) is 11.6 Å². The fraction of sp³-hybridized carbons (Fsp3) is 0.800. The molecule has 3 nitrogen and oxygen atoms in total. The third-order valence-corrected chi connectivity index (χ3v) is 0.939. The Morgan fingerprint density at radius 2 is 2.33 bits per heavy atom. The summed E-state index contributed by atoms with van der Waals surface area (Å²) in [5.41, 5.74) is 5.13. The number of esters is 1. The van der Waals surface area contributed by atoms with E-state index in [0.717, 1.165) is 0 Å². The molecule has 0 spiro atoms. The van der Waals surface area contributed by atoms with Crippen LogP contribution in [0.3, 0.4) is 0 Å². The van der Waals surface area contributed by atoms with E-state index in [2.05, 4.69) is 4.74 Å². The maximum Gasteiger partial charge on any atom is 0.320 e. The maximum atomic E-state index is 10.3.